The predicted molar refractivity (Wildman–Crippen MR) is 74.1 cm³/mol. The minimum Gasteiger partial charge on any atom is -0.112 e. The van der Waals surface area contributed by atoms with Crippen molar-refractivity contribution in [2.75, 3.05) is 0 Å². The van der Waals surface area contributed by atoms with Crippen LogP contribution in [0, 0.1) is 0 Å². The van der Waals surface area contributed by atoms with Gasteiger partial charge >= 0.3 is 0 Å². The molecule has 2 heteroatoms. The summed E-state index contributed by atoms with van der Waals surface area (Å²) >= 11 is 3.80. The number of hydrogen-bond acceptors (Lipinski definition) is 2. The van der Waals surface area contributed by atoms with Crippen LogP contribution >= 0.6 is 23.5 Å². The van der Waals surface area contributed by atoms with Crippen molar-refractivity contribution in [3.63, 3.8) is 0 Å². The highest BCUT2D eigenvalue weighted by Gasteiger charge is 2.05. The topological polar surface area (TPSA) is 0 Å². The second-order valence-electron chi connectivity index (χ2n) is 3.43. The van der Waals surface area contributed by atoms with Crippen molar-refractivity contribution in [1.29, 1.82) is 0 Å². The third-order valence-electron chi connectivity index (χ3n) is 2.09. The molecule has 2 rings (SSSR count). The summed E-state index contributed by atoms with van der Waals surface area (Å²) in [5.74, 6) is 0. The van der Waals surface area contributed by atoms with E-state index in [9.17, 15) is 0 Å². The molecule has 2 aromatic carbocycles. The maximum atomic E-state index is 2.25. The van der Waals surface area contributed by atoms with Crippen LogP contribution in [0.2, 0.25) is 0 Å². The Kier molecular flexibility index (Phi) is 4.37. The molecule has 82 valence electrons. The molecule has 0 saturated carbocycles. The highest BCUT2D eigenvalue weighted by molar-refractivity contribution is 8.17. The van der Waals surface area contributed by atoms with Crippen LogP contribution in [-0.2, 0) is 0 Å². The van der Waals surface area contributed by atoms with E-state index in [0.717, 1.165) is 0 Å². The van der Waals surface area contributed by atoms with E-state index < -0.39 is 0 Å². The molecule has 2 aromatic rings. The van der Waals surface area contributed by atoms with E-state index >= 15 is 0 Å². The summed E-state index contributed by atoms with van der Waals surface area (Å²) in [5.41, 5.74) is 0. The SMILES string of the molecule is CC(Sc1ccccc1)Sc1ccccc1. The number of benzene rings is 2. The van der Waals surface area contributed by atoms with E-state index in [0.29, 0.717) is 4.58 Å². The van der Waals surface area contributed by atoms with Gasteiger partial charge in [-0.3, -0.25) is 0 Å². The zero-order valence-corrected chi connectivity index (χ0v) is 10.8. The van der Waals surface area contributed by atoms with Gasteiger partial charge in [0.25, 0.3) is 0 Å². The minimum atomic E-state index is 0.532. The quantitative estimate of drug-likeness (QED) is 0.555. The van der Waals surface area contributed by atoms with Crippen LogP contribution in [-0.4, -0.2) is 4.58 Å². The first kappa shape index (κ1) is 11.6. The summed E-state index contributed by atoms with van der Waals surface area (Å²) in [5, 5.41) is 0. The van der Waals surface area contributed by atoms with Gasteiger partial charge in [0.1, 0.15) is 0 Å². The molecule has 0 amide bonds. The first-order valence-corrected chi connectivity index (χ1v) is 7.04. The normalized spacial score (nSPS) is 10.6. The van der Waals surface area contributed by atoms with Gasteiger partial charge in [0.2, 0.25) is 0 Å². The third-order valence-corrected chi connectivity index (χ3v) is 4.42. The molecule has 0 unspecified atom stereocenters. The second kappa shape index (κ2) is 6.02. The molecular weight excluding hydrogens is 232 g/mol. The Morgan fingerprint density at radius 3 is 1.44 bits per heavy atom. The standard InChI is InChI=1S/C14H14S2/c1-12(15-13-8-4-2-5-9-13)16-14-10-6-3-7-11-14/h2-12H,1H3. The molecule has 0 heterocycles. The van der Waals surface area contributed by atoms with E-state index in [1.165, 1.54) is 9.79 Å². The summed E-state index contributed by atoms with van der Waals surface area (Å²) in [7, 11) is 0. The van der Waals surface area contributed by atoms with Crippen molar-refractivity contribution in [3.05, 3.63) is 60.7 Å². The van der Waals surface area contributed by atoms with E-state index in [2.05, 4.69) is 67.6 Å². The lowest BCUT2D eigenvalue weighted by Gasteiger charge is -2.10. The highest BCUT2D eigenvalue weighted by Crippen LogP contribution is 2.34. The largest absolute Gasteiger partial charge is 0.112 e. The van der Waals surface area contributed by atoms with E-state index in [-0.39, 0.29) is 0 Å². The zero-order chi connectivity index (χ0) is 11.2. The molecule has 16 heavy (non-hydrogen) atoms. The van der Waals surface area contributed by atoms with Gasteiger partial charge in [-0.15, -0.1) is 23.5 Å². The maximum Gasteiger partial charge on any atom is 0.0568 e. The van der Waals surface area contributed by atoms with Gasteiger partial charge in [-0.1, -0.05) is 36.4 Å². The molecule has 0 bridgehead atoms. The van der Waals surface area contributed by atoms with Crippen LogP contribution in [0.1, 0.15) is 6.92 Å². The van der Waals surface area contributed by atoms with Gasteiger partial charge in [0, 0.05) is 9.79 Å². The smallest absolute Gasteiger partial charge is 0.0568 e. The summed E-state index contributed by atoms with van der Waals surface area (Å²) < 4.78 is 0.532. The molecule has 0 aromatic heterocycles. The Morgan fingerprint density at radius 2 is 1.06 bits per heavy atom. The number of thioether (sulfide) groups is 2. The van der Waals surface area contributed by atoms with E-state index in [1.54, 1.807) is 0 Å². The van der Waals surface area contributed by atoms with Crippen LogP contribution in [0.4, 0.5) is 0 Å². The monoisotopic (exact) mass is 246 g/mol. The van der Waals surface area contributed by atoms with Crippen LogP contribution in [0.5, 0.6) is 0 Å². The van der Waals surface area contributed by atoms with Gasteiger partial charge in [-0.2, -0.15) is 0 Å². The fourth-order valence-corrected chi connectivity index (χ4v) is 3.66. The van der Waals surface area contributed by atoms with Gasteiger partial charge < -0.3 is 0 Å². The lowest BCUT2D eigenvalue weighted by atomic mass is 10.4. The number of rotatable bonds is 4. The maximum absolute atomic E-state index is 2.25. The number of hydrogen-bond donors (Lipinski definition) is 0. The average molecular weight is 246 g/mol. The summed E-state index contributed by atoms with van der Waals surface area (Å²) in [6.07, 6.45) is 0. The van der Waals surface area contributed by atoms with Crippen LogP contribution in [0.25, 0.3) is 0 Å². The van der Waals surface area contributed by atoms with E-state index in [4.69, 9.17) is 0 Å². The van der Waals surface area contributed by atoms with Crippen molar-refractivity contribution in [2.24, 2.45) is 0 Å². The fraction of sp³-hybridized carbons (Fsp3) is 0.143. The van der Waals surface area contributed by atoms with Crippen LogP contribution in [0.15, 0.2) is 70.5 Å². The van der Waals surface area contributed by atoms with Crippen LogP contribution < -0.4 is 0 Å². The molecule has 0 radical (unpaired) electrons. The van der Waals surface area contributed by atoms with Crippen molar-refractivity contribution in [2.45, 2.75) is 21.3 Å². The fourth-order valence-electron chi connectivity index (χ4n) is 1.41. The Balaban J connectivity index is 1.92. The molecule has 0 nitrogen and oxygen atoms in total. The Labute approximate surface area is 105 Å². The Hall–Kier alpha value is -0.860. The molecule has 0 fully saturated rings. The average Bonchev–Trinajstić information content (AvgIpc) is 2.31. The van der Waals surface area contributed by atoms with Crippen LogP contribution in [0.3, 0.4) is 0 Å². The van der Waals surface area contributed by atoms with Gasteiger partial charge in [-0.05, 0) is 31.2 Å². The molecule has 0 atom stereocenters. The molecule has 0 spiro atoms. The Bertz CT molecular complexity index is 370. The first-order valence-electron chi connectivity index (χ1n) is 5.28. The molecule has 0 aliphatic carbocycles. The van der Waals surface area contributed by atoms with Gasteiger partial charge in [0.15, 0.2) is 0 Å². The molecule has 0 aliphatic heterocycles. The molecule has 0 saturated heterocycles. The molecular formula is C14H14S2. The summed E-state index contributed by atoms with van der Waals surface area (Å²) in [4.78, 5) is 2.66. The third kappa shape index (κ3) is 3.62. The Morgan fingerprint density at radius 1 is 0.688 bits per heavy atom. The van der Waals surface area contributed by atoms with Crippen molar-refractivity contribution in [3.8, 4) is 0 Å². The molecule has 0 N–H and O–H groups in total. The highest BCUT2D eigenvalue weighted by atomic mass is 32.2. The predicted octanol–water partition coefficient (Wildman–Crippen LogP) is 4.92. The summed E-state index contributed by atoms with van der Waals surface area (Å²) in [6, 6.07) is 21.1. The van der Waals surface area contributed by atoms with Crippen molar-refractivity contribution < 1.29 is 0 Å². The van der Waals surface area contributed by atoms with E-state index in [1.807, 2.05) is 23.5 Å². The first-order chi connectivity index (χ1) is 7.84. The van der Waals surface area contributed by atoms with Crippen molar-refractivity contribution in [1.82, 2.24) is 0 Å². The lowest BCUT2D eigenvalue weighted by molar-refractivity contribution is 1.35. The lowest BCUT2D eigenvalue weighted by Crippen LogP contribution is -1.88. The van der Waals surface area contributed by atoms with Gasteiger partial charge in [0.05, 0.1) is 4.58 Å². The van der Waals surface area contributed by atoms with Crippen molar-refractivity contribution >= 4 is 23.5 Å². The zero-order valence-electron chi connectivity index (χ0n) is 9.17. The second-order valence-corrected chi connectivity index (χ2v) is 6.56. The minimum absolute atomic E-state index is 0.532. The van der Waals surface area contributed by atoms with Gasteiger partial charge in [-0.25, -0.2) is 0 Å². The summed E-state index contributed by atoms with van der Waals surface area (Å²) in [6.45, 7) is 2.25. The molecule has 0 aliphatic rings.